The highest BCUT2D eigenvalue weighted by atomic mass is 16.5. The van der Waals surface area contributed by atoms with E-state index in [1.54, 1.807) is 31.2 Å². The first-order valence-corrected chi connectivity index (χ1v) is 7.70. The second kappa shape index (κ2) is 8.34. The topological polar surface area (TPSA) is 49.8 Å². The minimum absolute atomic E-state index is 0.0291. The van der Waals surface area contributed by atoms with Gasteiger partial charge < -0.3 is 14.7 Å². The van der Waals surface area contributed by atoms with Crippen molar-refractivity contribution in [1.29, 1.82) is 0 Å². The maximum Gasteiger partial charge on any atom is 0.222 e. The lowest BCUT2D eigenvalue weighted by molar-refractivity contribution is -0.131. The summed E-state index contributed by atoms with van der Waals surface area (Å²) in [5.41, 5.74) is 1.92. The van der Waals surface area contributed by atoms with Crippen LogP contribution in [-0.4, -0.2) is 36.6 Å². The van der Waals surface area contributed by atoms with Crippen molar-refractivity contribution in [2.45, 2.75) is 18.9 Å². The molecular formula is C19H23NO3. The van der Waals surface area contributed by atoms with E-state index < -0.39 is 6.10 Å². The van der Waals surface area contributed by atoms with Gasteiger partial charge in [0, 0.05) is 13.5 Å². The predicted octanol–water partition coefficient (Wildman–Crippen LogP) is 2.82. The summed E-state index contributed by atoms with van der Waals surface area (Å²) >= 11 is 0. The van der Waals surface area contributed by atoms with Gasteiger partial charge in [-0.3, -0.25) is 4.79 Å². The Morgan fingerprint density at radius 1 is 1.13 bits per heavy atom. The number of carbonyl (C=O) groups excluding carboxylic acids is 1. The third kappa shape index (κ3) is 5.11. The Hall–Kier alpha value is -2.33. The predicted molar refractivity (Wildman–Crippen MR) is 90.4 cm³/mol. The number of benzene rings is 2. The quantitative estimate of drug-likeness (QED) is 0.855. The summed E-state index contributed by atoms with van der Waals surface area (Å²) in [5.74, 6) is 0.773. The first-order valence-electron chi connectivity index (χ1n) is 7.70. The summed E-state index contributed by atoms with van der Waals surface area (Å²) in [6.45, 7) is 0.278. The van der Waals surface area contributed by atoms with Crippen LogP contribution in [0.5, 0.6) is 5.75 Å². The second-order valence-corrected chi connectivity index (χ2v) is 5.55. The van der Waals surface area contributed by atoms with Crippen LogP contribution in [0.2, 0.25) is 0 Å². The lowest BCUT2D eigenvalue weighted by Crippen LogP contribution is -2.31. The van der Waals surface area contributed by atoms with Crippen LogP contribution >= 0.6 is 0 Å². The van der Waals surface area contributed by atoms with Crippen molar-refractivity contribution in [3.63, 3.8) is 0 Å². The van der Waals surface area contributed by atoms with E-state index in [0.29, 0.717) is 12.8 Å². The van der Waals surface area contributed by atoms with Crippen LogP contribution in [0.3, 0.4) is 0 Å². The molecule has 0 aliphatic rings. The Morgan fingerprint density at radius 3 is 2.39 bits per heavy atom. The summed E-state index contributed by atoms with van der Waals surface area (Å²) in [7, 11) is 3.32. The number of hydrogen-bond donors (Lipinski definition) is 1. The number of amides is 1. The van der Waals surface area contributed by atoms with Crippen LogP contribution in [0.4, 0.5) is 0 Å². The molecule has 122 valence electrons. The van der Waals surface area contributed by atoms with Crippen LogP contribution in [-0.2, 0) is 11.2 Å². The maximum atomic E-state index is 12.2. The summed E-state index contributed by atoms with van der Waals surface area (Å²) in [5, 5.41) is 10.3. The monoisotopic (exact) mass is 313 g/mol. The third-order valence-electron chi connectivity index (χ3n) is 3.84. The molecule has 0 spiro atoms. The fourth-order valence-electron chi connectivity index (χ4n) is 2.38. The molecule has 0 fully saturated rings. The number of methoxy groups -OCH3 is 1. The zero-order valence-electron chi connectivity index (χ0n) is 13.6. The number of likely N-dealkylation sites (N-methyl/N-ethyl adjacent to an activating group) is 1. The highest BCUT2D eigenvalue weighted by Gasteiger charge is 2.15. The highest BCUT2D eigenvalue weighted by Crippen LogP contribution is 2.18. The van der Waals surface area contributed by atoms with Crippen LogP contribution in [0.1, 0.15) is 23.7 Å². The number of aliphatic hydroxyl groups is 1. The lowest BCUT2D eigenvalue weighted by atomic mass is 10.1. The molecular weight excluding hydrogens is 290 g/mol. The molecule has 2 aromatic rings. The molecule has 1 amide bonds. The van der Waals surface area contributed by atoms with Gasteiger partial charge in [0.1, 0.15) is 5.75 Å². The van der Waals surface area contributed by atoms with Gasteiger partial charge in [0.15, 0.2) is 0 Å². The molecule has 0 radical (unpaired) electrons. The molecule has 4 heteroatoms. The number of ether oxygens (including phenoxy) is 1. The minimum atomic E-state index is -0.702. The van der Waals surface area contributed by atoms with E-state index in [2.05, 4.69) is 0 Å². The molecule has 2 rings (SSSR count). The Labute approximate surface area is 137 Å². The molecule has 0 saturated heterocycles. The molecule has 2 aromatic carbocycles. The van der Waals surface area contributed by atoms with E-state index in [1.807, 2.05) is 42.5 Å². The molecule has 0 saturated carbocycles. The van der Waals surface area contributed by atoms with Crippen molar-refractivity contribution >= 4 is 5.91 Å². The zero-order valence-corrected chi connectivity index (χ0v) is 13.6. The van der Waals surface area contributed by atoms with Crippen LogP contribution in [0, 0.1) is 0 Å². The van der Waals surface area contributed by atoms with E-state index in [0.717, 1.165) is 16.9 Å². The second-order valence-electron chi connectivity index (χ2n) is 5.55. The third-order valence-corrected chi connectivity index (χ3v) is 3.84. The van der Waals surface area contributed by atoms with Crippen molar-refractivity contribution in [3.8, 4) is 5.75 Å². The van der Waals surface area contributed by atoms with E-state index >= 15 is 0 Å². The van der Waals surface area contributed by atoms with Gasteiger partial charge in [-0.15, -0.1) is 0 Å². The largest absolute Gasteiger partial charge is 0.497 e. The normalized spacial score (nSPS) is 11.8. The summed E-state index contributed by atoms with van der Waals surface area (Å²) in [6.07, 6.45) is 0.449. The number of aliphatic hydroxyl groups excluding tert-OH is 1. The molecule has 23 heavy (non-hydrogen) atoms. The van der Waals surface area contributed by atoms with Crippen LogP contribution in [0.15, 0.2) is 54.6 Å². The average Bonchev–Trinajstić information content (AvgIpc) is 2.60. The number of carbonyl (C=O) groups is 1. The van der Waals surface area contributed by atoms with Gasteiger partial charge in [0.25, 0.3) is 0 Å². The molecule has 0 heterocycles. The maximum absolute atomic E-state index is 12.2. The number of aryl methyl sites for hydroxylation is 1. The highest BCUT2D eigenvalue weighted by molar-refractivity contribution is 5.76. The summed E-state index contributed by atoms with van der Waals surface area (Å²) in [6, 6.07) is 17.2. The Kier molecular flexibility index (Phi) is 6.18. The summed E-state index contributed by atoms with van der Waals surface area (Å²) < 4.78 is 5.10. The first-order chi connectivity index (χ1) is 11.1. The van der Waals surface area contributed by atoms with Gasteiger partial charge in [0.05, 0.1) is 19.8 Å². The minimum Gasteiger partial charge on any atom is -0.497 e. The number of hydrogen-bond acceptors (Lipinski definition) is 3. The molecule has 1 unspecified atom stereocenters. The number of rotatable bonds is 7. The molecule has 1 N–H and O–H groups in total. The van der Waals surface area contributed by atoms with Gasteiger partial charge >= 0.3 is 0 Å². The molecule has 0 bridgehead atoms. The fourth-order valence-corrected chi connectivity index (χ4v) is 2.38. The van der Waals surface area contributed by atoms with E-state index in [1.165, 1.54) is 0 Å². The molecule has 0 aromatic heterocycles. The Bertz CT molecular complexity index is 610. The van der Waals surface area contributed by atoms with Crippen LogP contribution < -0.4 is 4.74 Å². The molecule has 1 atom stereocenters. The van der Waals surface area contributed by atoms with E-state index in [-0.39, 0.29) is 12.5 Å². The van der Waals surface area contributed by atoms with Gasteiger partial charge in [-0.2, -0.15) is 0 Å². The van der Waals surface area contributed by atoms with Gasteiger partial charge in [-0.1, -0.05) is 42.5 Å². The van der Waals surface area contributed by atoms with Crippen molar-refractivity contribution in [3.05, 3.63) is 65.7 Å². The zero-order chi connectivity index (χ0) is 16.7. The molecule has 0 aliphatic heterocycles. The van der Waals surface area contributed by atoms with Gasteiger partial charge in [-0.25, -0.2) is 0 Å². The van der Waals surface area contributed by atoms with E-state index in [4.69, 9.17) is 4.74 Å². The Morgan fingerprint density at radius 2 is 1.78 bits per heavy atom. The van der Waals surface area contributed by atoms with Crippen LogP contribution in [0.25, 0.3) is 0 Å². The summed E-state index contributed by atoms with van der Waals surface area (Å²) in [4.78, 5) is 13.8. The average molecular weight is 313 g/mol. The molecule has 4 nitrogen and oxygen atoms in total. The standard InChI is InChI=1S/C19H23NO3/c1-20(19(22)13-8-15-6-4-3-5-7-15)14-18(21)16-9-11-17(23-2)12-10-16/h3-7,9-12,18,21H,8,13-14H2,1-2H3. The van der Waals surface area contributed by atoms with Crippen molar-refractivity contribution < 1.29 is 14.6 Å². The Balaban J connectivity index is 1.84. The van der Waals surface area contributed by atoms with Gasteiger partial charge in [0.2, 0.25) is 5.91 Å². The number of nitrogens with zero attached hydrogens (tertiary/aromatic N) is 1. The van der Waals surface area contributed by atoms with Crippen molar-refractivity contribution in [1.82, 2.24) is 4.90 Å². The van der Waals surface area contributed by atoms with Crippen molar-refractivity contribution in [2.75, 3.05) is 20.7 Å². The fraction of sp³-hybridized carbons (Fsp3) is 0.316. The molecule has 0 aliphatic carbocycles. The van der Waals surface area contributed by atoms with Crippen molar-refractivity contribution in [2.24, 2.45) is 0 Å². The van der Waals surface area contributed by atoms with Gasteiger partial charge in [-0.05, 0) is 29.7 Å². The first kappa shape index (κ1) is 17.0. The smallest absolute Gasteiger partial charge is 0.222 e. The SMILES string of the molecule is COc1ccc(C(O)CN(C)C(=O)CCc2ccccc2)cc1. The lowest BCUT2D eigenvalue weighted by Gasteiger charge is -2.21. The van der Waals surface area contributed by atoms with E-state index in [9.17, 15) is 9.90 Å².